The van der Waals surface area contributed by atoms with Gasteiger partial charge in [0.15, 0.2) is 0 Å². The van der Waals surface area contributed by atoms with Crippen LogP contribution in [0.25, 0.3) is 33.8 Å². The summed E-state index contributed by atoms with van der Waals surface area (Å²) < 4.78 is 0. The molecule has 3 aromatic carbocycles. The van der Waals surface area contributed by atoms with Crippen LogP contribution in [0.5, 0.6) is 0 Å². The predicted octanol–water partition coefficient (Wildman–Crippen LogP) is 4.71. The van der Waals surface area contributed by atoms with Crippen LogP contribution in [0.4, 0.5) is 35.3 Å². The van der Waals surface area contributed by atoms with Gasteiger partial charge >= 0.3 is 0 Å². The van der Waals surface area contributed by atoms with E-state index < -0.39 is 0 Å². The zero-order valence-electron chi connectivity index (χ0n) is 40.0. The van der Waals surface area contributed by atoms with Gasteiger partial charge in [-0.1, -0.05) is 68.4 Å². The van der Waals surface area contributed by atoms with Crippen molar-refractivity contribution >= 4 is 41.1 Å². The van der Waals surface area contributed by atoms with Gasteiger partial charge in [0.1, 0.15) is 23.2 Å². The number of likely N-dealkylation sites (N-methyl/N-ethyl adjacent to an activating group) is 3. The second-order valence-electron chi connectivity index (χ2n) is 18.2. The number of piperazine rings is 3. The van der Waals surface area contributed by atoms with Gasteiger partial charge in [-0.25, -0.2) is 15.0 Å². The first-order chi connectivity index (χ1) is 32.8. The summed E-state index contributed by atoms with van der Waals surface area (Å²) in [4.78, 5) is 54.4. The van der Waals surface area contributed by atoms with Crippen LogP contribution in [-0.4, -0.2) is 155 Å². The fourth-order valence-electron chi connectivity index (χ4n) is 8.86. The highest BCUT2D eigenvalue weighted by Crippen LogP contribution is 2.33. The Bertz CT molecular complexity index is 2550. The first-order valence-electron chi connectivity index (χ1n) is 23.5. The quantitative estimate of drug-likeness (QED) is 0.139. The number of hydrogen-bond acceptors (Lipinski definition) is 17. The number of benzene rings is 3. The minimum absolute atomic E-state index is 0.0136. The molecule has 7 N–H and O–H groups in total. The zero-order valence-corrected chi connectivity index (χ0v) is 40.0. The number of carbonyl (C=O) groups is 1. The molecular formula is C51H65N15O2. The molecule has 6 heterocycles. The van der Waals surface area contributed by atoms with Gasteiger partial charge in [0, 0.05) is 125 Å². The average molecular weight is 920 g/mol. The number of ketones is 1. The van der Waals surface area contributed by atoms with Gasteiger partial charge in [-0.05, 0) is 56.0 Å². The number of carbonyl (C=O) groups excluding carboxylic acids is 1. The van der Waals surface area contributed by atoms with Gasteiger partial charge in [-0.2, -0.15) is 15.0 Å². The maximum Gasteiger partial charge on any atom is 0.222 e. The third-order valence-corrected chi connectivity index (χ3v) is 13.3. The van der Waals surface area contributed by atoms with Gasteiger partial charge in [0.2, 0.25) is 17.8 Å². The summed E-state index contributed by atoms with van der Waals surface area (Å²) in [6, 6.07) is 29.7. The van der Waals surface area contributed by atoms with Crippen molar-refractivity contribution in [3.05, 3.63) is 108 Å². The summed E-state index contributed by atoms with van der Waals surface area (Å²) in [6.07, 6.45) is 0. The molecule has 3 aromatic heterocycles. The summed E-state index contributed by atoms with van der Waals surface area (Å²) in [5.74, 6) is 2.79. The fourth-order valence-corrected chi connectivity index (χ4v) is 8.86. The highest BCUT2D eigenvalue weighted by atomic mass is 16.3. The number of aromatic nitrogens is 6. The van der Waals surface area contributed by atoms with E-state index in [1.807, 2.05) is 105 Å². The summed E-state index contributed by atoms with van der Waals surface area (Å²) in [6.45, 7) is 15.3. The second-order valence-corrected chi connectivity index (χ2v) is 18.2. The third-order valence-electron chi connectivity index (χ3n) is 13.3. The Hall–Kier alpha value is -6.79. The molecule has 3 aliphatic heterocycles. The van der Waals surface area contributed by atoms with E-state index >= 15 is 0 Å². The molecule has 17 heteroatoms. The number of nitrogens with zero attached hydrogens (tertiary/aromatic N) is 12. The molecule has 3 fully saturated rings. The van der Waals surface area contributed by atoms with Crippen molar-refractivity contribution in [1.82, 2.24) is 44.6 Å². The molecule has 3 saturated heterocycles. The van der Waals surface area contributed by atoms with Crippen molar-refractivity contribution < 1.29 is 9.90 Å². The summed E-state index contributed by atoms with van der Waals surface area (Å²) >= 11 is 0. The molecule has 17 nitrogen and oxygen atoms in total. The zero-order chi connectivity index (χ0) is 47.9. The van der Waals surface area contributed by atoms with Crippen LogP contribution in [-0.2, 0) is 11.4 Å². The highest BCUT2D eigenvalue weighted by Gasteiger charge is 2.25. The van der Waals surface area contributed by atoms with E-state index in [4.69, 9.17) is 17.2 Å². The highest BCUT2D eigenvalue weighted by molar-refractivity contribution is 5.91. The lowest BCUT2D eigenvalue weighted by Gasteiger charge is -2.33. The minimum Gasteiger partial charge on any atom is -0.392 e. The predicted molar refractivity (Wildman–Crippen MR) is 273 cm³/mol. The van der Waals surface area contributed by atoms with Crippen molar-refractivity contribution in [1.29, 1.82) is 0 Å². The molecule has 3 aliphatic rings. The molecule has 0 spiro atoms. The van der Waals surface area contributed by atoms with E-state index in [1.165, 1.54) is 0 Å². The number of Topliss-reactive ketones (excluding diaryl/α,β-unsaturated/α-hetero) is 1. The number of aliphatic hydroxyl groups excluding tert-OH is 1. The number of nitrogens with two attached hydrogens (primary N) is 3. The van der Waals surface area contributed by atoms with Gasteiger partial charge in [-0.15, -0.1) is 0 Å². The monoisotopic (exact) mass is 920 g/mol. The Balaban J connectivity index is 0.000000237. The third kappa shape index (κ3) is 11.7. The van der Waals surface area contributed by atoms with Crippen LogP contribution in [0.2, 0.25) is 0 Å². The van der Waals surface area contributed by atoms with Crippen LogP contribution in [0, 0.1) is 0 Å². The van der Waals surface area contributed by atoms with Crippen molar-refractivity contribution in [3.63, 3.8) is 0 Å². The number of rotatable bonds is 11. The molecular weight excluding hydrogens is 855 g/mol. The molecule has 356 valence electrons. The molecule has 68 heavy (non-hydrogen) atoms. The lowest BCUT2D eigenvalue weighted by Crippen LogP contribution is -2.44. The van der Waals surface area contributed by atoms with E-state index in [-0.39, 0.29) is 42.1 Å². The smallest absolute Gasteiger partial charge is 0.222 e. The van der Waals surface area contributed by atoms with Crippen LogP contribution in [0.3, 0.4) is 0 Å². The van der Waals surface area contributed by atoms with Crippen LogP contribution >= 0.6 is 0 Å². The lowest BCUT2D eigenvalue weighted by molar-refractivity contribution is -0.121. The Morgan fingerprint density at radius 1 is 0.485 bits per heavy atom. The minimum atomic E-state index is -0.326. The number of nitrogen functional groups attached to an aromatic ring is 3. The van der Waals surface area contributed by atoms with Gasteiger partial charge < -0.3 is 51.7 Å². The van der Waals surface area contributed by atoms with Crippen molar-refractivity contribution in [2.24, 2.45) is 0 Å². The molecule has 2 unspecified atom stereocenters. The Labute approximate surface area is 399 Å². The molecule has 0 amide bonds. The van der Waals surface area contributed by atoms with Crippen LogP contribution in [0.15, 0.2) is 91.0 Å². The summed E-state index contributed by atoms with van der Waals surface area (Å²) in [5, 5.41) is 9.28. The molecule has 0 aliphatic carbocycles. The standard InChI is InChI=1S/C35H44N10O.C16H21N5O/c1-23(25-7-5-9-27(19-25)29-21-31(40-34(36)38-29)44-15-11-42(3)12-16-44)33(46)24(2)26-8-6-10-28(20-26)30-22-32(41-35(37)39-30)45-17-13-43(4)14-18-45;1-20-5-7-21(8-6-20)15-10-14(18-16(17)19-15)13-4-2-3-12(9-13)11-22/h5-10,19-24H,11-18H2,1-4H3,(H2,36,38,40)(H2,37,39,41);2-4,9-10,22H,5-8,11H2,1H3,(H2,17,18,19). The SMILES string of the molecule is CC(C(=O)C(C)c1cccc(-c2cc(N3CCN(C)CC3)nc(N)n2)c1)c1cccc(-c2cc(N3CCN(C)CC3)nc(N)n2)c1.CN1CCN(c2cc(-c3cccc(CO)c3)nc(N)n2)CC1. The van der Waals surface area contributed by atoms with E-state index in [0.29, 0.717) is 0 Å². The largest absolute Gasteiger partial charge is 0.392 e. The Morgan fingerprint density at radius 3 is 1.15 bits per heavy atom. The number of hydrogen-bond donors (Lipinski definition) is 4. The molecule has 0 bridgehead atoms. The molecule has 9 rings (SSSR count). The maximum absolute atomic E-state index is 13.9. The van der Waals surface area contributed by atoms with E-state index in [9.17, 15) is 9.90 Å². The molecule has 2 atom stereocenters. The normalized spacial score (nSPS) is 17.1. The summed E-state index contributed by atoms with van der Waals surface area (Å²) in [7, 11) is 6.38. The van der Waals surface area contributed by atoms with Gasteiger partial charge in [0.05, 0.1) is 23.7 Å². The molecule has 6 aromatic rings. The fraction of sp³-hybridized carbons (Fsp3) is 0.392. The van der Waals surface area contributed by atoms with Crippen molar-refractivity contribution in [2.75, 3.05) is 132 Å². The van der Waals surface area contributed by atoms with E-state index in [0.717, 1.165) is 146 Å². The number of anilines is 6. The lowest BCUT2D eigenvalue weighted by atomic mass is 9.84. The average Bonchev–Trinajstić information content (AvgIpc) is 3.36. The van der Waals surface area contributed by atoms with E-state index in [1.54, 1.807) is 0 Å². The molecule has 0 radical (unpaired) electrons. The number of aliphatic hydroxyl groups is 1. The van der Waals surface area contributed by atoms with E-state index in [2.05, 4.69) is 80.4 Å². The van der Waals surface area contributed by atoms with Gasteiger partial charge in [-0.3, -0.25) is 4.79 Å². The first-order valence-corrected chi connectivity index (χ1v) is 23.5. The first kappa shape index (κ1) is 47.7. The molecule has 0 saturated carbocycles. The Kier molecular flexibility index (Phi) is 15.0. The maximum atomic E-state index is 13.9. The van der Waals surface area contributed by atoms with Crippen LogP contribution < -0.4 is 31.9 Å². The van der Waals surface area contributed by atoms with Crippen LogP contribution in [0.1, 0.15) is 42.4 Å². The van der Waals surface area contributed by atoms with Crippen molar-refractivity contribution in [3.8, 4) is 33.8 Å². The second kappa shape index (κ2) is 21.4. The summed E-state index contributed by atoms with van der Waals surface area (Å²) in [5.41, 5.74) is 26.0. The van der Waals surface area contributed by atoms with Gasteiger partial charge in [0.25, 0.3) is 0 Å². The Morgan fingerprint density at radius 2 is 0.809 bits per heavy atom. The topological polar surface area (TPSA) is 212 Å². The van der Waals surface area contributed by atoms with Crippen molar-refractivity contribution in [2.45, 2.75) is 32.3 Å².